The van der Waals surface area contributed by atoms with Crippen LogP contribution in [0.15, 0.2) is 17.2 Å². The molecule has 1 aromatic heterocycles. The summed E-state index contributed by atoms with van der Waals surface area (Å²) in [5.74, 6) is 0.0949. The highest BCUT2D eigenvalue weighted by Gasteiger charge is 1.93. The Hall–Kier alpha value is -1.32. The van der Waals surface area contributed by atoms with Gasteiger partial charge in [0.2, 0.25) is 0 Å². The average Bonchev–Trinajstić information content (AvgIpc) is 1.89. The van der Waals surface area contributed by atoms with Crippen molar-refractivity contribution >= 4 is 0 Å². The van der Waals surface area contributed by atoms with Crippen molar-refractivity contribution in [2.45, 2.75) is 0 Å². The molecule has 0 radical (unpaired) electrons. The van der Waals surface area contributed by atoms with E-state index in [1.807, 2.05) is 0 Å². The van der Waals surface area contributed by atoms with Crippen LogP contribution in [0, 0.1) is 0 Å². The van der Waals surface area contributed by atoms with Crippen LogP contribution in [0.4, 0.5) is 0 Å². The molecular formula is C5H6N2O2. The molecule has 1 aromatic rings. The topological polar surface area (TPSA) is 55.0 Å². The Labute approximate surface area is 51.5 Å². The van der Waals surface area contributed by atoms with E-state index in [1.54, 1.807) is 0 Å². The van der Waals surface area contributed by atoms with Crippen LogP contribution in [0.2, 0.25) is 0 Å². The number of H-pyrrole nitrogens is 1. The molecule has 1 N–H and O–H groups in total. The second-order valence-electron chi connectivity index (χ2n) is 1.43. The van der Waals surface area contributed by atoms with Gasteiger partial charge in [-0.3, -0.25) is 4.79 Å². The van der Waals surface area contributed by atoms with Gasteiger partial charge in [0, 0.05) is 12.4 Å². The van der Waals surface area contributed by atoms with Gasteiger partial charge in [-0.2, -0.15) is 0 Å². The van der Waals surface area contributed by atoms with Gasteiger partial charge in [-0.15, -0.1) is 0 Å². The van der Waals surface area contributed by atoms with Crippen LogP contribution in [0.5, 0.6) is 5.88 Å². The number of aromatic nitrogens is 2. The zero-order valence-electron chi connectivity index (χ0n) is 4.92. The molecule has 0 saturated carbocycles. The van der Waals surface area contributed by atoms with Crippen LogP contribution < -0.4 is 10.3 Å². The molecule has 0 spiro atoms. The van der Waals surface area contributed by atoms with Crippen LogP contribution in [0.3, 0.4) is 0 Å². The van der Waals surface area contributed by atoms with Crippen molar-refractivity contribution in [3.8, 4) is 5.88 Å². The van der Waals surface area contributed by atoms with Crippen molar-refractivity contribution < 1.29 is 4.74 Å². The minimum atomic E-state index is -0.306. The molecule has 4 heteroatoms. The molecule has 1 heterocycles. The molecule has 0 bridgehead atoms. The molecule has 4 nitrogen and oxygen atoms in total. The highest BCUT2D eigenvalue weighted by atomic mass is 16.5. The summed E-state index contributed by atoms with van der Waals surface area (Å²) in [5.41, 5.74) is -0.306. The predicted molar refractivity (Wildman–Crippen MR) is 31.4 cm³/mol. The van der Waals surface area contributed by atoms with E-state index in [2.05, 4.69) is 14.7 Å². The molecule has 0 aliphatic heterocycles. The van der Waals surface area contributed by atoms with E-state index >= 15 is 0 Å². The first-order valence-corrected chi connectivity index (χ1v) is 2.42. The third-order valence-electron chi connectivity index (χ3n) is 0.868. The third kappa shape index (κ3) is 1.07. The number of ether oxygens (including phenoxy) is 1. The number of nitrogens with zero attached hydrogens (tertiary/aromatic N) is 1. The van der Waals surface area contributed by atoms with Gasteiger partial charge in [0.05, 0.1) is 7.11 Å². The Balaban J connectivity index is 3.16. The van der Waals surface area contributed by atoms with E-state index in [-0.39, 0.29) is 11.4 Å². The van der Waals surface area contributed by atoms with E-state index < -0.39 is 0 Å². The molecular weight excluding hydrogens is 120 g/mol. The summed E-state index contributed by atoms with van der Waals surface area (Å²) in [6.07, 6.45) is 2.91. The standard InChI is InChI=1S/C5H6N2O2/c1-9-5-4(8)6-2-3-7-5/h2-3H,1H3,(H,6,8). The Bertz CT molecular complexity index is 243. The Morgan fingerprint density at radius 1 is 1.78 bits per heavy atom. The van der Waals surface area contributed by atoms with Crippen molar-refractivity contribution in [1.82, 2.24) is 9.97 Å². The number of hydrogen-bond acceptors (Lipinski definition) is 3. The van der Waals surface area contributed by atoms with E-state index in [9.17, 15) is 4.79 Å². The van der Waals surface area contributed by atoms with Crippen LogP contribution >= 0.6 is 0 Å². The Morgan fingerprint density at radius 2 is 2.56 bits per heavy atom. The summed E-state index contributed by atoms with van der Waals surface area (Å²) in [4.78, 5) is 16.6. The molecule has 0 aliphatic rings. The number of methoxy groups -OCH3 is 1. The number of nitrogens with one attached hydrogen (secondary N) is 1. The molecule has 0 saturated heterocycles. The minimum absolute atomic E-state index is 0.0949. The van der Waals surface area contributed by atoms with E-state index in [4.69, 9.17) is 0 Å². The molecule has 0 amide bonds. The number of aromatic amines is 1. The van der Waals surface area contributed by atoms with Crippen molar-refractivity contribution in [3.63, 3.8) is 0 Å². The van der Waals surface area contributed by atoms with Crippen molar-refractivity contribution in [2.24, 2.45) is 0 Å². The molecule has 1 rings (SSSR count). The smallest absolute Gasteiger partial charge is 0.310 e. The normalized spacial score (nSPS) is 9.00. The SMILES string of the molecule is COc1ncc[nH]c1=O. The fraction of sp³-hybridized carbons (Fsp3) is 0.200. The monoisotopic (exact) mass is 126 g/mol. The lowest BCUT2D eigenvalue weighted by molar-refractivity contribution is 0.390. The number of rotatable bonds is 1. The van der Waals surface area contributed by atoms with Crippen molar-refractivity contribution in [2.75, 3.05) is 7.11 Å². The summed E-state index contributed by atoms with van der Waals surface area (Å²) < 4.78 is 4.59. The Morgan fingerprint density at radius 3 is 3.00 bits per heavy atom. The minimum Gasteiger partial charge on any atom is -0.477 e. The summed E-state index contributed by atoms with van der Waals surface area (Å²) in [6, 6.07) is 0. The van der Waals surface area contributed by atoms with Crippen molar-refractivity contribution in [1.29, 1.82) is 0 Å². The van der Waals surface area contributed by atoms with Gasteiger partial charge in [0.15, 0.2) is 0 Å². The maximum Gasteiger partial charge on any atom is 0.310 e. The van der Waals surface area contributed by atoms with Gasteiger partial charge in [0.1, 0.15) is 0 Å². The van der Waals surface area contributed by atoms with E-state index in [1.165, 1.54) is 19.5 Å². The molecule has 9 heavy (non-hydrogen) atoms. The maximum atomic E-state index is 10.6. The van der Waals surface area contributed by atoms with Crippen LogP contribution in [0.25, 0.3) is 0 Å². The molecule has 0 atom stereocenters. The number of hydrogen-bond donors (Lipinski definition) is 1. The van der Waals surface area contributed by atoms with Crippen LogP contribution in [0.1, 0.15) is 0 Å². The first kappa shape index (κ1) is 5.81. The van der Waals surface area contributed by atoms with E-state index in [0.29, 0.717) is 0 Å². The third-order valence-corrected chi connectivity index (χ3v) is 0.868. The molecule has 0 aromatic carbocycles. The highest BCUT2D eigenvalue weighted by Crippen LogP contribution is 1.88. The quantitative estimate of drug-likeness (QED) is 0.565. The lowest BCUT2D eigenvalue weighted by Gasteiger charge is -1.91. The van der Waals surface area contributed by atoms with Gasteiger partial charge in [-0.1, -0.05) is 0 Å². The lowest BCUT2D eigenvalue weighted by Crippen LogP contribution is -2.09. The van der Waals surface area contributed by atoms with Gasteiger partial charge >= 0.3 is 5.56 Å². The largest absolute Gasteiger partial charge is 0.477 e. The summed E-state index contributed by atoms with van der Waals surface area (Å²) in [5, 5.41) is 0. The average molecular weight is 126 g/mol. The second-order valence-corrected chi connectivity index (χ2v) is 1.43. The fourth-order valence-corrected chi connectivity index (χ4v) is 0.484. The lowest BCUT2D eigenvalue weighted by atomic mass is 10.7. The Kier molecular flexibility index (Phi) is 1.48. The second kappa shape index (κ2) is 2.30. The predicted octanol–water partition coefficient (Wildman–Crippen LogP) is -0.221. The summed E-state index contributed by atoms with van der Waals surface area (Å²) in [6.45, 7) is 0. The molecule has 0 fully saturated rings. The van der Waals surface area contributed by atoms with Gasteiger partial charge in [-0.05, 0) is 0 Å². The van der Waals surface area contributed by atoms with Gasteiger partial charge in [0.25, 0.3) is 5.88 Å². The fourth-order valence-electron chi connectivity index (χ4n) is 0.484. The van der Waals surface area contributed by atoms with Gasteiger partial charge < -0.3 is 9.72 Å². The zero-order valence-corrected chi connectivity index (χ0v) is 4.92. The zero-order chi connectivity index (χ0) is 6.69. The summed E-state index contributed by atoms with van der Waals surface area (Å²) >= 11 is 0. The first-order chi connectivity index (χ1) is 4.34. The summed E-state index contributed by atoms with van der Waals surface area (Å²) in [7, 11) is 1.40. The van der Waals surface area contributed by atoms with Crippen LogP contribution in [-0.2, 0) is 0 Å². The molecule has 0 unspecified atom stereocenters. The van der Waals surface area contributed by atoms with Gasteiger partial charge in [-0.25, -0.2) is 4.98 Å². The highest BCUT2D eigenvalue weighted by molar-refractivity contribution is 5.01. The molecule has 48 valence electrons. The van der Waals surface area contributed by atoms with Crippen LogP contribution in [-0.4, -0.2) is 17.1 Å². The van der Waals surface area contributed by atoms with Crippen molar-refractivity contribution in [3.05, 3.63) is 22.7 Å². The van der Waals surface area contributed by atoms with E-state index in [0.717, 1.165) is 0 Å². The first-order valence-electron chi connectivity index (χ1n) is 2.42. The molecule has 0 aliphatic carbocycles. The maximum absolute atomic E-state index is 10.6.